The number of alkyl halides is 3. The van der Waals surface area contributed by atoms with E-state index in [4.69, 9.17) is 0 Å². The molecule has 0 bridgehead atoms. The van der Waals surface area contributed by atoms with Gasteiger partial charge in [-0.2, -0.15) is 13.2 Å². The van der Waals surface area contributed by atoms with E-state index in [9.17, 15) is 23.1 Å². The van der Waals surface area contributed by atoms with Gasteiger partial charge in [0.1, 0.15) is 5.56 Å². The molecule has 0 fully saturated rings. The smallest absolute Gasteiger partial charge is 0.416 e. The molecule has 2 heterocycles. The number of aryl methyl sites for hydroxylation is 1. The number of carbonyl (C=O) groups is 1. The lowest BCUT2D eigenvalue weighted by molar-refractivity contribution is -0.137. The first-order valence-corrected chi connectivity index (χ1v) is 6.66. The predicted molar refractivity (Wildman–Crippen MR) is 77.3 cm³/mol. The van der Waals surface area contributed by atoms with Gasteiger partial charge in [-0.1, -0.05) is 12.1 Å². The lowest BCUT2D eigenvalue weighted by Gasteiger charge is -2.09. The Morgan fingerprint density at radius 1 is 1.13 bits per heavy atom. The third kappa shape index (κ3) is 2.77. The number of rotatable bonds is 2. The lowest BCUT2D eigenvalue weighted by atomic mass is 10.0. The minimum Gasteiger partial charge on any atom is -0.478 e. The summed E-state index contributed by atoms with van der Waals surface area (Å²) in [5.74, 6) is -1.14. The normalized spacial score (nSPS) is 11.8. The van der Waals surface area contributed by atoms with Crippen molar-refractivity contribution in [3.63, 3.8) is 0 Å². The topological polar surface area (TPSA) is 54.6 Å². The monoisotopic (exact) mass is 320 g/mol. The summed E-state index contributed by atoms with van der Waals surface area (Å²) >= 11 is 0. The van der Waals surface area contributed by atoms with E-state index < -0.39 is 17.7 Å². The SMILES string of the molecule is Cc1cn2cc(-c3ccc(C(F)(F)F)cc3)cc(C(=O)O)c2n1. The van der Waals surface area contributed by atoms with Crippen molar-refractivity contribution in [2.45, 2.75) is 13.1 Å². The summed E-state index contributed by atoms with van der Waals surface area (Å²) in [6.07, 6.45) is -1.10. The molecule has 0 aliphatic carbocycles. The molecule has 2 aromatic heterocycles. The van der Waals surface area contributed by atoms with Crippen LogP contribution in [0.5, 0.6) is 0 Å². The van der Waals surface area contributed by atoms with E-state index in [1.807, 2.05) is 0 Å². The van der Waals surface area contributed by atoms with Gasteiger partial charge in [-0.15, -0.1) is 0 Å². The Kier molecular flexibility index (Phi) is 3.35. The first-order valence-electron chi connectivity index (χ1n) is 6.66. The fourth-order valence-corrected chi connectivity index (χ4v) is 2.39. The molecular formula is C16H11F3N2O2. The largest absolute Gasteiger partial charge is 0.478 e. The number of halogens is 3. The van der Waals surface area contributed by atoms with Crippen molar-refractivity contribution < 1.29 is 23.1 Å². The summed E-state index contributed by atoms with van der Waals surface area (Å²) in [5, 5.41) is 9.31. The molecule has 3 aromatic rings. The highest BCUT2D eigenvalue weighted by Crippen LogP contribution is 2.31. The second kappa shape index (κ2) is 5.12. The minimum absolute atomic E-state index is 0.00417. The van der Waals surface area contributed by atoms with Crippen molar-refractivity contribution in [2.75, 3.05) is 0 Å². The Hall–Kier alpha value is -2.83. The van der Waals surface area contributed by atoms with Crippen LogP contribution in [0.25, 0.3) is 16.8 Å². The quantitative estimate of drug-likeness (QED) is 0.776. The molecular weight excluding hydrogens is 309 g/mol. The summed E-state index contributed by atoms with van der Waals surface area (Å²) in [6, 6.07) is 5.99. The van der Waals surface area contributed by atoms with Crippen LogP contribution in [-0.4, -0.2) is 20.5 Å². The van der Waals surface area contributed by atoms with E-state index in [0.717, 1.165) is 12.1 Å². The van der Waals surface area contributed by atoms with Gasteiger partial charge < -0.3 is 9.51 Å². The van der Waals surface area contributed by atoms with Crippen LogP contribution in [0.4, 0.5) is 13.2 Å². The van der Waals surface area contributed by atoms with Crippen LogP contribution < -0.4 is 0 Å². The molecule has 1 N–H and O–H groups in total. The zero-order valence-corrected chi connectivity index (χ0v) is 11.9. The highest BCUT2D eigenvalue weighted by molar-refractivity contribution is 5.96. The van der Waals surface area contributed by atoms with Crippen molar-refractivity contribution in [3.05, 3.63) is 59.5 Å². The van der Waals surface area contributed by atoms with Crippen LogP contribution in [0.2, 0.25) is 0 Å². The molecule has 1 aromatic carbocycles. The highest BCUT2D eigenvalue weighted by Gasteiger charge is 2.30. The van der Waals surface area contributed by atoms with Crippen molar-refractivity contribution >= 4 is 11.6 Å². The number of imidazole rings is 1. The van der Waals surface area contributed by atoms with Crippen molar-refractivity contribution in [1.29, 1.82) is 0 Å². The molecule has 23 heavy (non-hydrogen) atoms. The second-order valence-corrected chi connectivity index (χ2v) is 5.14. The molecule has 0 unspecified atom stereocenters. The average Bonchev–Trinajstić information content (AvgIpc) is 2.85. The van der Waals surface area contributed by atoms with Gasteiger partial charge in [0, 0.05) is 12.4 Å². The number of aromatic nitrogens is 2. The number of benzene rings is 1. The van der Waals surface area contributed by atoms with Crippen molar-refractivity contribution in [2.24, 2.45) is 0 Å². The summed E-state index contributed by atoms with van der Waals surface area (Å²) in [5.41, 5.74) is 1.19. The second-order valence-electron chi connectivity index (χ2n) is 5.14. The fourth-order valence-electron chi connectivity index (χ4n) is 2.39. The first kappa shape index (κ1) is 15.1. The fraction of sp³-hybridized carbons (Fsp3) is 0.125. The summed E-state index contributed by atoms with van der Waals surface area (Å²) in [6.45, 7) is 1.73. The number of aromatic carboxylic acids is 1. The lowest BCUT2D eigenvalue weighted by Crippen LogP contribution is -2.04. The summed E-state index contributed by atoms with van der Waals surface area (Å²) in [7, 11) is 0. The Bertz CT molecular complexity index is 896. The van der Waals surface area contributed by atoms with E-state index in [0.29, 0.717) is 22.5 Å². The number of hydrogen-bond donors (Lipinski definition) is 1. The van der Waals surface area contributed by atoms with Crippen LogP contribution in [0.1, 0.15) is 21.6 Å². The predicted octanol–water partition coefficient (Wildman–Crippen LogP) is 4.03. The minimum atomic E-state index is -4.41. The van der Waals surface area contributed by atoms with Crippen molar-refractivity contribution in [1.82, 2.24) is 9.38 Å². The van der Waals surface area contributed by atoms with E-state index in [2.05, 4.69) is 4.98 Å². The van der Waals surface area contributed by atoms with Gasteiger partial charge in [0.25, 0.3) is 0 Å². The maximum Gasteiger partial charge on any atom is 0.416 e. The van der Waals surface area contributed by atoms with Crippen molar-refractivity contribution in [3.8, 4) is 11.1 Å². The van der Waals surface area contributed by atoms with Gasteiger partial charge >= 0.3 is 12.1 Å². The Labute approximate surface area is 128 Å². The highest BCUT2D eigenvalue weighted by atomic mass is 19.4. The molecule has 0 radical (unpaired) electrons. The summed E-state index contributed by atoms with van der Waals surface area (Å²) in [4.78, 5) is 15.5. The molecule has 0 amide bonds. The number of nitrogens with zero attached hydrogens (tertiary/aromatic N) is 2. The van der Waals surface area contributed by atoms with Gasteiger partial charge in [0.15, 0.2) is 5.65 Å². The zero-order valence-electron chi connectivity index (χ0n) is 11.9. The van der Waals surface area contributed by atoms with E-state index in [1.165, 1.54) is 18.2 Å². The van der Waals surface area contributed by atoms with Gasteiger partial charge in [0.05, 0.1) is 11.3 Å². The summed E-state index contributed by atoms with van der Waals surface area (Å²) < 4.78 is 39.4. The number of hydrogen-bond acceptors (Lipinski definition) is 2. The van der Waals surface area contributed by atoms with E-state index in [-0.39, 0.29) is 5.56 Å². The van der Waals surface area contributed by atoms with Gasteiger partial charge in [0.2, 0.25) is 0 Å². The molecule has 3 rings (SSSR count). The number of carboxylic acid groups (broad SMARTS) is 1. The first-order chi connectivity index (χ1) is 10.8. The molecule has 0 atom stereocenters. The van der Waals surface area contributed by atoms with Crippen LogP contribution in [0.3, 0.4) is 0 Å². The van der Waals surface area contributed by atoms with E-state index in [1.54, 1.807) is 23.7 Å². The van der Waals surface area contributed by atoms with Gasteiger partial charge in [-0.05, 0) is 36.2 Å². The third-order valence-corrected chi connectivity index (χ3v) is 3.45. The van der Waals surface area contributed by atoms with Crippen LogP contribution >= 0.6 is 0 Å². The molecule has 0 saturated carbocycles. The zero-order chi connectivity index (χ0) is 16.8. The van der Waals surface area contributed by atoms with Crippen LogP contribution in [0, 0.1) is 6.92 Å². The van der Waals surface area contributed by atoms with Gasteiger partial charge in [-0.3, -0.25) is 0 Å². The Balaban J connectivity index is 2.14. The molecule has 0 aliphatic heterocycles. The maximum atomic E-state index is 12.6. The number of carboxylic acids is 1. The molecule has 0 aliphatic rings. The maximum absolute atomic E-state index is 12.6. The standard InChI is InChI=1S/C16H11F3N2O2/c1-9-7-21-8-11(6-13(15(22)23)14(21)20-9)10-2-4-12(5-3-10)16(17,18)19/h2-8H,1H3,(H,22,23). The Morgan fingerprint density at radius 2 is 1.78 bits per heavy atom. The molecule has 0 saturated heterocycles. The molecule has 4 nitrogen and oxygen atoms in total. The van der Waals surface area contributed by atoms with Crippen LogP contribution in [0.15, 0.2) is 42.7 Å². The number of fused-ring (bicyclic) bond motifs is 1. The molecule has 0 spiro atoms. The number of pyridine rings is 1. The van der Waals surface area contributed by atoms with E-state index >= 15 is 0 Å². The average molecular weight is 320 g/mol. The molecule has 7 heteroatoms. The molecule has 118 valence electrons. The third-order valence-electron chi connectivity index (χ3n) is 3.45. The van der Waals surface area contributed by atoms with Crippen LogP contribution in [-0.2, 0) is 6.18 Å². The Morgan fingerprint density at radius 3 is 2.35 bits per heavy atom. The van der Waals surface area contributed by atoms with Gasteiger partial charge in [-0.25, -0.2) is 9.78 Å².